The number of halogens is 3. The van der Waals surface area contributed by atoms with Crippen LogP contribution in [0.4, 0.5) is 18.9 Å². The molecule has 0 aliphatic rings. The summed E-state index contributed by atoms with van der Waals surface area (Å²) in [6.45, 7) is -0.406. The molecule has 0 heterocycles. The van der Waals surface area contributed by atoms with Crippen LogP contribution in [0, 0.1) is 6.92 Å². The van der Waals surface area contributed by atoms with Gasteiger partial charge in [0, 0.05) is 0 Å². The normalized spacial score (nSPS) is 11.0. The van der Waals surface area contributed by atoms with Crippen molar-refractivity contribution in [3.05, 3.63) is 23.8 Å². The number of nitrogens with one attached hydrogen (secondary N) is 2. The summed E-state index contributed by atoms with van der Waals surface area (Å²) in [4.78, 5) is 22.6. The monoisotopic (exact) mass is 319 g/mol. The minimum absolute atomic E-state index is 0.0850. The molecule has 2 amide bonds. The molecule has 0 unspecified atom stereocenters. The maximum Gasteiger partial charge on any atom is 0.422 e. The van der Waals surface area contributed by atoms with Gasteiger partial charge in [-0.1, -0.05) is 6.07 Å². The summed E-state index contributed by atoms with van der Waals surface area (Å²) in [5.74, 6) is -1.23. The van der Waals surface area contributed by atoms with E-state index in [-0.39, 0.29) is 24.5 Å². The van der Waals surface area contributed by atoms with Crippen LogP contribution in [0.1, 0.15) is 5.56 Å². The maximum absolute atomic E-state index is 12.2. The van der Waals surface area contributed by atoms with Crippen LogP contribution < -0.4 is 21.1 Å². The summed E-state index contributed by atoms with van der Waals surface area (Å²) < 4.78 is 41.3. The Hall–Kier alpha value is -2.29. The first-order valence-electron chi connectivity index (χ1n) is 6.28. The fourth-order valence-corrected chi connectivity index (χ4v) is 1.46. The molecule has 0 spiro atoms. The maximum atomic E-state index is 12.2. The number of nitrogens with two attached hydrogens (primary N) is 1. The minimum atomic E-state index is -4.49. The summed E-state index contributed by atoms with van der Waals surface area (Å²) in [5, 5.41) is 4.61. The molecular weight excluding hydrogens is 303 g/mol. The highest BCUT2D eigenvalue weighted by Crippen LogP contribution is 2.27. The van der Waals surface area contributed by atoms with Gasteiger partial charge in [-0.25, -0.2) is 0 Å². The van der Waals surface area contributed by atoms with Crippen molar-refractivity contribution in [2.75, 3.05) is 25.0 Å². The number of anilines is 1. The predicted octanol–water partition coefficient (Wildman–Crippen LogP) is 0.950. The van der Waals surface area contributed by atoms with Crippen LogP contribution in [-0.2, 0) is 9.59 Å². The van der Waals surface area contributed by atoms with Gasteiger partial charge < -0.3 is 21.1 Å². The Morgan fingerprint density at radius 1 is 1.27 bits per heavy atom. The van der Waals surface area contributed by atoms with Crippen molar-refractivity contribution in [2.24, 2.45) is 5.73 Å². The van der Waals surface area contributed by atoms with Gasteiger partial charge in [0.2, 0.25) is 11.8 Å². The fraction of sp³-hybridized carbons (Fsp3) is 0.385. The molecule has 22 heavy (non-hydrogen) atoms. The molecule has 6 nitrogen and oxygen atoms in total. The number of benzene rings is 1. The topological polar surface area (TPSA) is 93.5 Å². The van der Waals surface area contributed by atoms with Gasteiger partial charge in [0.15, 0.2) is 6.61 Å². The van der Waals surface area contributed by atoms with Crippen LogP contribution in [0.2, 0.25) is 0 Å². The van der Waals surface area contributed by atoms with Crippen LogP contribution in [0.3, 0.4) is 0 Å². The summed E-state index contributed by atoms with van der Waals surface area (Å²) >= 11 is 0. The molecule has 0 fully saturated rings. The number of hydrogen-bond acceptors (Lipinski definition) is 4. The van der Waals surface area contributed by atoms with Crippen LogP contribution in [0.25, 0.3) is 0 Å². The number of hydrogen-bond donors (Lipinski definition) is 3. The predicted molar refractivity (Wildman–Crippen MR) is 73.4 cm³/mol. The van der Waals surface area contributed by atoms with E-state index in [0.717, 1.165) is 0 Å². The highest BCUT2D eigenvalue weighted by molar-refractivity contribution is 5.95. The van der Waals surface area contributed by atoms with E-state index >= 15 is 0 Å². The first-order valence-corrected chi connectivity index (χ1v) is 6.28. The number of carbonyl (C=O) groups excluding carboxylic acids is 2. The van der Waals surface area contributed by atoms with Crippen molar-refractivity contribution in [1.29, 1.82) is 0 Å². The zero-order valence-electron chi connectivity index (χ0n) is 11.8. The first-order chi connectivity index (χ1) is 10.2. The highest BCUT2D eigenvalue weighted by Gasteiger charge is 2.29. The average molecular weight is 319 g/mol. The minimum Gasteiger partial charge on any atom is -0.482 e. The van der Waals surface area contributed by atoms with Gasteiger partial charge in [0.1, 0.15) is 5.75 Å². The molecule has 0 aliphatic carbocycles. The molecule has 4 N–H and O–H groups in total. The van der Waals surface area contributed by atoms with Crippen molar-refractivity contribution in [3.8, 4) is 5.75 Å². The summed E-state index contributed by atoms with van der Waals surface area (Å²) in [6.07, 6.45) is -4.49. The Morgan fingerprint density at radius 3 is 2.55 bits per heavy atom. The third-order valence-electron chi connectivity index (χ3n) is 2.43. The Kier molecular flexibility index (Phi) is 6.17. The van der Waals surface area contributed by atoms with Gasteiger partial charge in [0.25, 0.3) is 0 Å². The van der Waals surface area contributed by atoms with E-state index in [0.29, 0.717) is 5.56 Å². The van der Waals surface area contributed by atoms with Crippen molar-refractivity contribution < 1.29 is 27.5 Å². The quantitative estimate of drug-likeness (QED) is 0.728. The van der Waals surface area contributed by atoms with Crippen LogP contribution in [0.15, 0.2) is 18.2 Å². The zero-order chi connectivity index (χ0) is 16.8. The number of carbonyl (C=O) groups is 2. The average Bonchev–Trinajstić information content (AvgIpc) is 2.44. The smallest absolute Gasteiger partial charge is 0.422 e. The number of ether oxygens (including phenoxy) is 1. The van der Waals surface area contributed by atoms with E-state index in [1.54, 1.807) is 13.0 Å². The molecule has 0 saturated carbocycles. The molecule has 122 valence electrons. The lowest BCUT2D eigenvalue weighted by Gasteiger charge is -2.14. The van der Waals surface area contributed by atoms with E-state index in [9.17, 15) is 22.8 Å². The molecule has 0 radical (unpaired) electrons. The number of amides is 2. The molecule has 1 aromatic carbocycles. The number of alkyl halides is 3. The van der Waals surface area contributed by atoms with Gasteiger partial charge in [-0.05, 0) is 24.6 Å². The third kappa shape index (κ3) is 6.44. The molecule has 0 atom stereocenters. The third-order valence-corrected chi connectivity index (χ3v) is 2.43. The fourth-order valence-electron chi connectivity index (χ4n) is 1.46. The first kappa shape index (κ1) is 17.8. The Bertz CT molecular complexity index is 547. The van der Waals surface area contributed by atoms with Gasteiger partial charge in [-0.3, -0.25) is 9.59 Å². The summed E-state index contributed by atoms with van der Waals surface area (Å²) in [7, 11) is 0. The zero-order valence-corrected chi connectivity index (χ0v) is 11.8. The molecular formula is C13H16F3N3O3. The molecule has 0 aromatic heterocycles. The van der Waals surface area contributed by atoms with E-state index in [1.807, 2.05) is 0 Å². The number of rotatable bonds is 6. The molecule has 9 heteroatoms. The van der Waals surface area contributed by atoms with Crippen LogP contribution in [-0.4, -0.2) is 37.7 Å². The lowest BCUT2D eigenvalue weighted by molar-refractivity contribution is -0.153. The second-order valence-electron chi connectivity index (χ2n) is 4.43. The van der Waals surface area contributed by atoms with Crippen molar-refractivity contribution >= 4 is 17.5 Å². The SMILES string of the molecule is Cc1ccc(NC(=O)CNC(=O)CN)c(OCC(F)(F)F)c1. The van der Waals surface area contributed by atoms with E-state index in [4.69, 9.17) is 5.73 Å². The molecule has 1 rings (SSSR count). The highest BCUT2D eigenvalue weighted by atomic mass is 19.4. The second-order valence-corrected chi connectivity index (χ2v) is 4.43. The van der Waals surface area contributed by atoms with Gasteiger partial charge in [-0.2, -0.15) is 13.2 Å². The van der Waals surface area contributed by atoms with Crippen molar-refractivity contribution in [1.82, 2.24) is 5.32 Å². The van der Waals surface area contributed by atoms with Crippen molar-refractivity contribution in [3.63, 3.8) is 0 Å². The second kappa shape index (κ2) is 7.64. The molecule has 0 bridgehead atoms. The van der Waals surface area contributed by atoms with Gasteiger partial charge in [0.05, 0.1) is 18.8 Å². The number of aryl methyl sites for hydroxylation is 1. The standard InChI is InChI=1S/C13H16F3N3O3/c1-8-2-3-9(10(4-8)22-7-13(14,15)16)19-12(21)6-18-11(20)5-17/h2-4H,5-7,17H2,1H3,(H,18,20)(H,19,21). The molecule has 0 saturated heterocycles. The van der Waals surface area contributed by atoms with E-state index in [2.05, 4.69) is 15.4 Å². The summed E-state index contributed by atoms with van der Waals surface area (Å²) in [6, 6.07) is 4.40. The lowest BCUT2D eigenvalue weighted by Crippen LogP contribution is -2.36. The van der Waals surface area contributed by atoms with Gasteiger partial charge >= 0.3 is 6.18 Å². The Labute approximate surface area is 124 Å². The summed E-state index contributed by atoms with van der Waals surface area (Å²) in [5.41, 5.74) is 5.82. The Balaban J connectivity index is 2.72. The van der Waals surface area contributed by atoms with E-state index in [1.165, 1.54) is 12.1 Å². The van der Waals surface area contributed by atoms with E-state index < -0.39 is 24.6 Å². The lowest BCUT2D eigenvalue weighted by atomic mass is 10.2. The molecule has 1 aromatic rings. The van der Waals surface area contributed by atoms with Crippen LogP contribution >= 0.6 is 0 Å². The Morgan fingerprint density at radius 2 is 1.95 bits per heavy atom. The van der Waals surface area contributed by atoms with Crippen molar-refractivity contribution in [2.45, 2.75) is 13.1 Å². The van der Waals surface area contributed by atoms with Gasteiger partial charge in [-0.15, -0.1) is 0 Å². The molecule has 0 aliphatic heterocycles. The van der Waals surface area contributed by atoms with Crippen LogP contribution in [0.5, 0.6) is 5.75 Å². The largest absolute Gasteiger partial charge is 0.482 e.